The summed E-state index contributed by atoms with van der Waals surface area (Å²) in [5.74, 6) is 0.530. The normalized spacial score (nSPS) is 17.1. The maximum Gasteiger partial charge on any atom is 0.242 e. The molecule has 1 heterocycles. The van der Waals surface area contributed by atoms with E-state index in [0.717, 1.165) is 36.7 Å². The first kappa shape index (κ1) is 22.5. The standard InChI is InChI=1S/C23H31N3O3S/c1-18(26-14-12-20(13-15-26)16-19-8-5-4-6-9-19)23(27)24-21-10-7-11-22(17-21)30(28,29)25(2)3/h4-11,17-18,20H,12-16H2,1-3H3,(H,24,27)/t18-/m0/s1. The van der Waals surface area contributed by atoms with Crippen molar-refractivity contribution in [3.63, 3.8) is 0 Å². The van der Waals surface area contributed by atoms with E-state index in [4.69, 9.17) is 0 Å². The summed E-state index contributed by atoms with van der Waals surface area (Å²) in [6, 6.07) is 16.7. The zero-order valence-electron chi connectivity index (χ0n) is 17.9. The van der Waals surface area contributed by atoms with E-state index in [1.807, 2.05) is 13.0 Å². The van der Waals surface area contributed by atoms with E-state index in [1.54, 1.807) is 12.1 Å². The van der Waals surface area contributed by atoms with E-state index in [-0.39, 0.29) is 16.8 Å². The first-order valence-corrected chi connectivity index (χ1v) is 11.8. The second-order valence-corrected chi connectivity index (χ2v) is 10.3. The summed E-state index contributed by atoms with van der Waals surface area (Å²) < 4.78 is 25.8. The van der Waals surface area contributed by atoms with Gasteiger partial charge in [0.15, 0.2) is 0 Å². The van der Waals surface area contributed by atoms with E-state index < -0.39 is 10.0 Å². The predicted molar refractivity (Wildman–Crippen MR) is 120 cm³/mol. The fraction of sp³-hybridized carbons (Fsp3) is 0.435. The molecule has 0 spiro atoms. The van der Waals surface area contributed by atoms with Crippen LogP contribution in [0.3, 0.4) is 0 Å². The van der Waals surface area contributed by atoms with Crippen LogP contribution in [-0.4, -0.2) is 56.8 Å². The molecule has 6 nitrogen and oxygen atoms in total. The van der Waals surface area contributed by atoms with Crippen LogP contribution >= 0.6 is 0 Å². The molecule has 0 aliphatic carbocycles. The van der Waals surface area contributed by atoms with Crippen molar-refractivity contribution in [1.82, 2.24) is 9.21 Å². The largest absolute Gasteiger partial charge is 0.325 e. The number of amides is 1. The third-order valence-electron chi connectivity index (χ3n) is 5.82. The van der Waals surface area contributed by atoms with Crippen molar-refractivity contribution >= 4 is 21.6 Å². The Kier molecular flexibility index (Phi) is 7.28. The minimum absolute atomic E-state index is 0.115. The molecule has 1 saturated heterocycles. The molecule has 0 unspecified atom stereocenters. The fourth-order valence-corrected chi connectivity index (χ4v) is 4.80. The van der Waals surface area contributed by atoms with Crippen LogP contribution in [0, 0.1) is 5.92 Å². The molecule has 2 aromatic rings. The molecule has 3 rings (SSSR count). The lowest BCUT2D eigenvalue weighted by Gasteiger charge is -2.35. The first-order chi connectivity index (χ1) is 14.3. The van der Waals surface area contributed by atoms with Crippen LogP contribution < -0.4 is 5.32 Å². The lowest BCUT2D eigenvalue weighted by atomic mass is 9.89. The smallest absolute Gasteiger partial charge is 0.242 e. The Morgan fingerprint density at radius 2 is 1.77 bits per heavy atom. The number of likely N-dealkylation sites (tertiary alicyclic amines) is 1. The van der Waals surface area contributed by atoms with Gasteiger partial charge in [-0.15, -0.1) is 0 Å². The number of carbonyl (C=O) groups is 1. The number of nitrogens with one attached hydrogen (secondary N) is 1. The molecular formula is C23H31N3O3S. The number of piperidine rings is 1. The van der Waals surface area contributed by atoms with Gasteiger partial charge in [-0.05, 0) is 69.0 Å². The van der Waals surface area contributed by atoms with Gasteiger partial charge < -0.3 is 5.32 Å². The van der Waals surface area contributed by atoms with Gasteiger partial charge in [-0.25, -0.2) is 12.7 Å². The predicted octanol–water partition coefficient (Wildman–Crippen LogP) is 3.22. The number of rotatable bonds is 7. The number of hydrogen-bond acceptors (Lipinski definition) is 4. The highest BCUT2D eigenvalue weighted by atomic mass is 32.2. The molecule has 1 amide bonds. The van der Waals surface area contributed by atoms with E-state index in [1.165, 1.54) is 31.8 Å². The molecule has 7 heteroatoms. The monoisotopic (exact) mass is 429 g/mol. The Bertz CT molecular complexity index is 953. The fourth-order valence-electron chi connectivity index (χ4n) is 3.85. The minimum Gasteiger partial charge on any atom is -0.325 e. The Hall–Kier alpha value is -2.22. The minimum atomic E-state index is -3.54. The SMILES string of the molecule is C[C@@H](C(=O)Nc1cccc(S(=O)(=O)N(C)C)c1)N1CCC(Cc2ccccc2)CC1. The quantitative estimate of drug-likeness (QED) is 0.734. The summed E-state index contributed by atoms with van der Waals surface area (Å²) in [7, 11) is -0.556. The van der Waals surface area contributed by atoms with E-state index >= 15 is 0 Å². The van der Waals surface area contributed by atoms with Crippen LogP contribution in [-0.2, 0) is 21.2 Å². The molecule has 1 N–H and O–H groups in total. The molecule has 1 atom stereocenters. The lowest BCUT2D eigenvalue weighted by molar-refractivity contribution is -0.121. The molecule has 1 fully saturated rings. The van der Waals surface area contributed by atoms with E-state index in [9.17, 15) is 13.2 Å². The van der Waals surface area contributed by atoms with Gasteiger partial charge in [0.1, 0.15) is 0 Å². The summed E-state index contributed by atoms with van der Waals surface area (Å²) in [6.07, 6.45) is 3.23. The maximum absolute atomic E-state index is 12.8. The summed E-state index contributed by atoms with van der Waals surface area (Å²) in [5.41, 5.74) is 1.86. The molecule has 30 heavy (non-hydrogen) atoms. The molecule has 0 radical (unpaired) electrons. The highest BCUT2D eigenvalue weighted by Gasteiger charge is 2.27. The number of sulfonamides is 1. The van der Waals surface area contributed by atoms with Crippen molar-refractivity contribution < 1.29 is 13.2 Å². The second kappa shape index (κ2) is 9.73. The average Bonchev–Trinajstić information content (AvgIpc) is 2.74. The van der Waals surface area contributed by atoms with Crippen molar-refractivity contribution in [3.8, 4) is 0 Å². The lowest BCUT2D eigenvalue weighted by Crippen LogP contribution is -2.46. The highest BCUT2D eigenvalue weighted by molar-refractivity contribution is 7.89. The Balaban J connectivity index is 1.55. The van der Waals surface area contributed by atoms with Crippen molar-refractivity contribution in [2.45, 2.75) is 37.1 Å². The molecule has 0 saturated carbocycles. The van der Waals surface area contributed by atoms with Gasteiger partial charge in [-0.3, -0.25) is 9.69 Å². The average molecular weight is 430 g/mol. The van der Waals surface area contributed by atoms with Crippen LogP contribution in [0.4, 0.5) is 5.69 Å². The van der Waals surface area contributed by atoms with Crippen molar-refractivity contribution in [2.24, 2.45) is 5.92 Å². The van der Waals surface area contributed by atoms with Crippen LogP contribution in [0.2, 0.25) is 0 Å². The van der Waals surface area contributed by atoms with Crippen molar-refractivity contribution in [2.75, 3.05) is 32.5 Å². The molecular weight excluding hydrogens is 398 g/mol. The Labute approximate surface area is 179 Å². The van der Waals surface area contributed by atoms with Crippen LogP contribution in [0.5, 0.6) is 0 Å². The molecule has 1 aliphatic heterocycles. The number of anilines is 1. The van der Waals surface area contributed by atoms with Crippen LogP contribution in [0.15, 0.2) is 59.5 Å². The summed E-state index contributed by atoms with van der Waals surface area (Å²) in [6.45, 7) is 3.69. The number of nitrogens with zero attached hydrogens (tertiary/aromatic N) is 2. The highest BCUT2D eigenvalue weighted by Crippen LogP contribution is 2.24. The van der Waals surface area contributed by atoms with Gasteiger partial charge in [0.2, 0.25) is 15.9 Å². The van der Waals surface area contributed by atoms with Gasteiger partial charge in [0, 0.05) is 19.8 Å². The topological polar surface area (TPSA) is 69.7 Å². The zero-order valence-corrected chi connectivity index (χ0v) is 18.7. The third kappa shape index (κ3) is 5.47. The first-order valence-electron chi connectivity index (χ1n) is 10.4. The zero-order chi connectivity index (χ0) is 21.7. The van der Waals surface area contributed by atoms with Crippen LogP contribution in [0.25, 0.3) is 0 Å². The van der Waals surface area contributed by atoms with Gasteiger partial charge >= 0.3 is 0 Å². The summed E-state index contributed by atoms with van der Waals surface area (Å²) in [4.78, 5) is 15.1. The van der Waals surface area contributed by atoms with Gasteiger partial charge in [-0.2, -0.15) is 0 Å². The molecule has 0 bridgehead atoms. The molecule has 1 aliphatic rings. The Morgan fingerprint density at radius 3 is 2.40 bits per heavy atom. The van der Waals surface area contributed by atoms with Gasteiger partial charge in [-0.1, -0.05) is 36.4 Å². The van der Waals surface area contributed by atoms with Crippen molar-refractivity contribution in [1.29, 1.82) is 0 Å². The Morgan fingerprint density at radius 1 is 1.10 bits per heavy atom. The third-order valence-corrected chi connectivity index (χ3v) is 7.63. The number of carbonyl (C=O) groups excluding carboxylic acids is 1. The maximum atomic E-state index is 12.8. The van der Waals surface area contributed by atoms with E-state index in [0.29, 0.717) is 11.6 Å². The van der Waals surface area contributed by atoms with Crippen molar-refractivity contribution in [3.05, 3.63) is 60.2 Å². The summed E-state index contributed by atoms with van der Waals surface area (Å²) in [5, 5.41) is 2.88. The molecule has 162 valence electrons. The molecule has 2 aromatic carbocycles. The van der Waals surface area contributed by atoms with Crippen LogP contribution in [0.1, 0.15) is 25.3 Å². The number of hydrogen-bond donors (Lipinski definition) is 1. The molecule has 0 aromatic heterocycles. The van der Waals surface area contributed by atoms with E-state index in [2.05, 4.69) is 34.5 Å². The van der Waals surface area contributed by atoms with Gasteiger partial charge in [0.05, 0.1) is 10.9 Å². The second-order valence-electron chi connectivity index (χ2n) is 8.15. The number of benzene rings is 2. The van der Waals surface area contributed by atoms with Gasteiger partial charge in [0.25, 0.3) is 0 Å². The summed E-state index contributed by atoms with van der Waals surface area (Å²) >= 11 is 0.